The SMILES string of the molecule is NCC(N)c1cc(F)ccc1OCC1CC1. The predicted octanol–water partition coefficient (Wildman–Crippen LogP) is 1.57. The molecule has 0 spiro atoms. The molecule has 0 saturated heterocycles. The Kier molecular flexibility index (Phi) is 3.41. The maximum absolute atomic E-state index is 13.1. The summed E-state index contributed by atoms with van der Waals surface area (Å²) >= 11 is 0. The van der Waals surface area contributed by atoms with Crippen LogP contribution in [0.5, 0.6) is 5.75 Å². The molecule has 0 amide bonds. The molecule has 0 aliphatic heterocycles. The lowest BCUT2D eigenvalue weighted by Crippen LogP contribution is -2.22. The van der Waals surface area contributed by atoms with E-state index >= 15 is 0 Å². The van der Waals surface area contributed by atoms with Crippen LogP contribution in [-0.2, 0) is 0 Å². The van der Waals surface area contributed by atoms with Gasteiger partial charge in [-0.05, 0) is 37.0 Å². The first-order chi connectivity index (χ1) is 7.70. The molecule has 1 aromatic rings. The fourth-order valence-electron chi connectivity index (χ4n) is 1.56. The van der Waals surface area contributed by atoms with Gasteiger partial charge in [0.1, 0.15) is 11.6 Å². The van der Waals surface area contributed by atoms with E-state index < -0.39 is 0 Å². The second kappa shape index (κ2) is 4.80. The van der Waals surface area contributed by atoms with Crippen molar-refractivity contribution in [3.8, 4) is 5.75 Å². The Morgan fingerprint density at radius 1 is 1.44 bits per heavy atom. The first kappa shape index (κ1) is 11.4. The fraction of sp³-hybridized carbons (Fsp3) is 0.500. The molecule has 4 heteroatoms. The summed E-state index contributed by atoms with van der Waals surface area (Å²) in [5, 5.41) is 0. The maximum atomic E-state index is 13.1. The Morgan fingerprint density at radius 3 is 2.81 bits per heavy atom. The third kappa shape index (κ3) is 2.71. The van der Waals surface area contributed by atoms with Crippen LogP contribution < -0.4 is 16.2 Å². The number of nitrogens with two attached hydrogens (primary N) is 2. The van der Waals surface area contributed by atoms with E-state index in [4.69, 9.17) is 16.2 Å². The molecule has 1 aliphatic rings. The second-order valence-corrected chi connectivity index (χ2v) is 4.28. The highest BCUT2D eigenvalue weighted by molar-refractivity contribution is 5.36. The monoisotopic (exact) mass is 224 g/mol. The standard InChI is InChI=1S/C12H17FN2O/c13-9-3-4-12(16-7-8-1-2-8)10(5-9)11(15)6-14/h3-5,8,11H,1-2,6-7,14-15H2. The molecule has 0 heterocycles. The zero-order valence-corrected chi connectivity index (χ0v) is 9.16. The van der Waals surface area contributed by atoms with E-state index in [0.717, 1.165) is 0 Å². The van der Waals surface area contributed by atoms with E-state index in [-0.39, 0.29) is 18.4 Å². The average molecular weight is 224 g/mol. The lowest BCUT2D eigenvalue weighted by molar-refractivity contribution is 0.294. The van der Waals surface area contributed by atoms with Crippen LogP contribution >= 0.6 is 0 Å². The molecule has 16 heavy (non-hydrogen) atoms. The summed E-state index contributed by atoms with van der Waals surface area (Å²) < 4.78 is 18.7. The smallest absolute Gasteiger partial charge is 0.124 e. The van der Waals surface area contributed by atoms with Crippen molar-refractivity contribution in [2.75, 3.05) is 13.2 Å². The zero-order chi connectivity index (χ0) is 11.5. The van der Waals surface area contributed by atoms with Crippen LogP contribution in [0.3, 0.4) is 0 Å². The van der Waals surface area contributed by atoms with E-state index in [0.29, 0.717) is 23.8 Å². The largest absolute Gasteiger partial charge is 0.493 e. The van der Waals surface area contributed by atoms with Gasteiger partial charge in [-0.1, -0.05) is 0 Å². The molecule has 1 fully saturated rings. The molecule has 1 atom stereocenters. The van der Waals surface area contributed by atoms with Gasteiger partial charge >= 0.3 is 0 Å². The van der Waals surface area contributed by atoms with E-state index in [1.54, 1.807) is 6.07 Å². The number of hydrogen-bond donors (Lipinski definition) is 2. The van der Waals surface area contributed by atoms with Crippen molar-refractivity contribution in [3.05, 3.63) is 29.6 Å². The quantitative estimate of drug-likeness (QED) is 0.798. The van der Waals surface area contributed by atoms with Crippen LogP contribution in [-0.4, -0.2) is 13.2 Å². The highest BCUT2D eigenvalue weighted by Gasteiger charge is 2.23. The van der Waals surface area contributed by atoms with Gasteiger partial charge in [0.05, 0.1) is 6.61 Å². The van der Waals surface area contributed by atoms with E-state index in [9.17, 15) is 4.39 Å². The summed E-state index contributed by atoms with van der Waals surface area (Å²) in [5.41, 5.74) is 12.0. The van der Waals surface area contributed by atoms with Gasteiger partial charge in [0, 0.05) is 18.2 Å². The van der Waals surface area contributed by atoms with Gasteiger partial charge in [0.15, 0.2) is 0 Å². The van der Waals surface area contributed by atoms with Gasteiger partial charge in [0.2, 0.25) is 0 Å². The summed E-state index contributed by atoms with van der Waals surface area (Å²) in [4.78, 5) is 0. The van der Waals surface area contributed by atoms with E-state index in [2.05, 4.69) is 0 Å². The molecule has 3 nitrogen and oxygen atoms in total. The number of ether oxygens (including phenoxy) is 1. The van der Waals surface area contributed by atoms with Crippen molar-refractivity contribution < 1.29 is 9.13 Å². The van der Waals surface area contributed by atoms with E-state index in [1.165, 1.54) is 25.0 Å². The van der Waals surface area contributed by atoms with Gasteiger partial charge in [0.25, 0.3) is 0 Å². The summed E-state index contributed by atoms with van der Waals surface area (Å²) in [6, 6.07) is 4.04. The molecule has 0 bridgehead atoms. The third-order valence-corrected chi connectivity index (χ3v) is 2.80. The third-order valence-electron chi connectivity index (χ3n) is 2.80. The lowest BCUT2D eigenvalue weighted by atomic mass is 10.1. The van der Waals surface area contributed by atoms with Crippen molar-refractivity contribution >= 4 is 0 Å². The number of benzene rings is 1. The highest BCUT2D eigenvalue weighted by atomic mass is 19.1. The van der Waals surface area contributed by atoms with Gasteiger partial charge in [-0.2, -0.15) is 0 Å². The van der Waals surface area contributed by atoms with Crippen LogP contribution in [0.15, 0.2) is 18.2 Å². The molecule has 4 N–H and O–H groups in total. The summed E-state index contributed by atoms with van der Waals surface area (Å²) in [6.07, 6.45) is 2.44. The van der Waals surface area contributed by atoms with E-state index in [1.807, 2.05) is 0 Å². The molecular weight excluding hydrogens is 207 g/mol. The van der Waals surface area contributed by atoms with Crippen molar-refractivity contribution in [2.45, 2.75) is 18.9 Å². The normalized spacial score (nSPS) is 17.2. The van der Waals surface area contributed by atoms with Crippen molar-refractivity contribution in [3.63, 3.8) is 0 Å². The van der Waals surface area contributed by atoms with Crippen LogP contribution in [0.4, 0.5) is 4.39 Å². The van der Waals surface area contributed by atoms with Crippen molar-refractivity contribution in [1.82, 2.24) is 0 Å². The van der Waals surface area contributed by atoms with Gasteiger partial charge < -0.3 is 16.2 Å². The molecule has 0 aromatic heterocycles. The Hall–Kier alpha value is -1.13. The summed E-state index contributed by atoms with van der Waals surface area (Å²) in [5.74, 6) is 1.01. The second-order valence-electron chi connectivity index (χ2n) is 4.28. The average Bonchev–Trinajstić information content (AvgIpc) is 3.10. The van der Waals surface area contributed by atoms with Crippen LogP contribution in [0, 0.1) is 11.7 Å². The molecule has 1 aromatic carbocycles. The molecule has 0 radical (unpaired) electrons. The Bertz CT molecular complexity index is 366. The van der Waals surface area contributed by atoms with Crippen LogP contribution in [0.1, 0.15) is 24.4 Å². The summed E-state index contributed by atoms with van der Waals surface area (Å²) in [7, 11) is 0. The topological polar surface area (TPSA) is 61.3 Å². The molecule has 2 rings (SSSR count). The Balaban J connectivity index is 2.13. The van der Waals surface area contributed by atoms with Crippen LogP contribution in [0.2, 0.25) is 0 Å². The number of rotatable bonds is 5. The molecule has 1 saturated carbocycles. The maximum Gasteiger partial charge on any atom is 0.124 e. The van der Waals surface area contributed by atoms with Gasteiger partial charge in [-0.25, -0.2) is 4.39 Å². The van der Waals surface area contributed by atoms with Crippen molar-refractivity contribution in [2.24, 2.45) is 17.4 Å². The first-order valence-corrected chi connectivity index (χ1v) is 5.58. The Morgan fingerprint density at radius 2 is 2.19 bits per heavy atom. The first-order valence-electron chi connectivity index (χ1n) is 5.58. The van der Waals surface area contributed by atoms with Gasteiger partial charge in [-0.15, -0.1) is 0 Å². The Labute approximate surface area is 94.6 Å². The minimum absolute atomic E-state index is 0.281. The minimum Gasteiger partial charge on any atom is -0.493 e. The zero-order valence-electron chi connectivity index (χ0n) is 9.16. The molecule has 88 valence electrons. The predicted molar refractivity (Wildman–Crippen MR) is 60.6 cm³/mol. The van der Waals surface area contributed by atoms with Crippen LogP contribution in [0.25, 0.3) is 0 Å². The highest BCUT2D eigenvalue weighted by Crippen LogP contribution is 2.31. The molecule has 1 unspecified atom stereocenters. The molecular formula is C12H17FN2O. The number of hydrogen-bond acceptors (Lipinski definition) is 3. The minimum atomic E-state index is -0.370. The number of halogens is 1. The lowest BCUT2D eigenvalue weighted by Gasteiger charge is -2.15. The molecule has 1 aliphatic carbocycles. The summed E-state index contributed by atoms with van der Waals surface area (Å²) in [6.45, 7) is 0.971. The van der Waals surface area contributed by atoms with Gasteiger partial charge in [-0.3, -0.25) is 0 Å². The fourth-order valence-corrected chi connectivity index (χ4v) is 1.56. The van der Waals surface area contributed by atoms with Crippen molar-refractivity contribution in [1.29, 1.82) is 0 Å².